The molecule has 0 spiro atoms. The Morgan fingerprint density at radius 3 is 2.11 bits per heavy atom. The number of benzene rings is 2. The lowest BCUT2D eigenvalue weighted by Crippen LogP contribution is -2.26. The molecular weight excluding hydrogens is 246 g/mol. The van der Waals surface area contributed by atoms with Crippen LogP contribution in [-0.2, 0) is 0 Å². The minimum absolute atomic E-state index is 0.0303. The molecule has 2 aromatic carbocycles. The van der Waals surface area contributed by atoms with Crippen LogP contribution >= 0.6 is 11.6 Å². The summed E-state index contributed by atoms with van der Waals surface area (Å²) in [5.41, 5.74) is 2.64. The van der Waals surface area contributed by atoms with Gasteiger partial charge in [0.2, 0.25) is 0 Å². The summed E-state index contributed by atoms with van der Waals surface area (Å²) < 4.78 is 0. The van der Waals surface area contributed by atoms with Crippen molar-refractivity contribution < 1.29 is 4.79 Å². The number of hydrogen-bond donors (Lipinski definition) is 0. The highest BCUT2D eigenvalue weighted by molar-refractivity contribution is 6.30. The van der Waals surface area contributed by atoms with Crippen molar-refractivity contribution in [3.63, 3.8) is 0 Å². The second-order valence-corrected chi connectivity index (χ2v) is 4.64. The highest BCUT2D eigenvalue weighted by Gasteiger charge is 2.12. The molecule has 1 amide bonds. The third kappa shape index (κ3) is 2.71. The molecule has 0 aliphatic rings. The Bertz CT molecular complexity index is 546. The van der Waals surface area contributed by atoms with Crippen LogP contribution in [0.15, 0.2) is 48.5 Å². The summed E-state index contributed by atoms with van der Waals surface area (Å²) in [6.45, 7) is 2.00. The van der Waals surface area contributed by atoms with Crippen molar-refractivity contribution in [3.8, 4) is 0 Å². The third-order valence-corrected chi connectivity index (χ3v) is 3.07. The van der Waals surface area contributed by atoms with Gasteiger partial charge in [0.05, 0.1) is 0 Å². The maximum atomic E-state index is 12.2. The maximum Gasteiger partial charge on any atom is 0.258 e. The third-order valence-electron chi connectivity index (χ3n) is 2.82. The monoisotopic (exact) mass is 259 g/mol. The molecule has 0 atom stereocenters. The van der Waals surface area contributed by atoms with Gasteiger partial charge in [-0.3, -0.25) is 4.79 Å². The second kappa shape index (κ2) is 5.23. The summed E-state index contributed by atoms with van der Waals surface area (Å²) in [6, 6.07) is 14.7. The fourth-order valence-corrected chi connectivity index (χ4v) is 1.80. The first-order valence-corrected chi connectivity index (χ1v) is 6.06. The first-order chi connectivity index (χ1) is 8.58. The van der Waals surface area contributed by atoms with E-state index in [9.17, 15) is 4.79 Å². The summed E-state index contributed by atoms with van der Waals surface area (Å²) in [4.78, 5) is 13.8. The molecule has 0 N–H and O–H groups in total. The minimum atomic E-state index is -0.0303. The SMILES string of the molecule is Cc1ccc(C(=O)N(C)c2ccc(Cl)cc2)cc1. The first-order valence-electron chi connectivity index (χ1n) is 5.68. The average Bonchev–Trinajstić information content (AvgIpc) is 2.39. The van der Waals surface area contributed by atoms with Gasteiger partial charge in [0.15, 0.2) is 0 Å². The molecule has 0 unspecified atom stereocenters. The molecule has 0 saturated heterocycles. The zero-order valence-corrected chi connectivity index (χ0v) is 11.1. The standard InChI is InChI=1S/C15H14ClNO/c1-11-3-5-12(6-4-11)15(18)17(2)14-9-7-13(16)8-10-14/h3-10H,1-2H3. The van der Waals surface area contributed by atoms with Crippen molar-refractivity contribution in [2.75, 3.05) is 11.9 Å². The second-order valence-electron chi connectivity index (χ2n) is 4.21. The Morgan fingerprint density at radius 2 is 1.56 bits per heavy atom. The molecular formula is C15H14ClNO. The van der Waals surface area contributed by atoms with Gasteiger partial charge in [-0.05, 0) is 43.3 Å². The van der Waals surface area contributed by atoms with Crippen molar-refractivity contribution in [2.24, 2.45) is 0 Å². The van der Waals surface area contributed by atoms with Crippen LogP contribution in [0.2, 0.25) is 5.02 Å². The topological polar surface area (TPSA) is 20.3 Å². The summed E-state index contributed by atoms with van der Waals surface area (Å²) in [6.07, 6.45) is 0. The van der Waals surface area contributed by atoms with E-state index in [0.29, 0.717) is 10.6 Å². The average molecular weight is 260 g/mol. The van der Waals surface area contributed by atoms with Gasteiger partial charge >= 0.3 is 0 Å². The van der Waals surface area contributed by atoms with Crippen LogP contribution in [0.4, 0.5) is 5.69 Å². The summed E-state index contributed by atoms with van der Waals surface area (Å²) >= 11 is 5.83. The van der Waals surface area contributed by atoms with Gasteiger partial charge in [-0.1, -0.05) is 29.3 Å². The number of amides is 1. The van der Waals surface area contributed by atoms with Crippen LogP contribution in [0.1, 0.15) is 15.9 Å². The molecule has 0 aliphatic heterocycles. The molecule has 0 fully saturated rings. The fraction of sp³-hybridized carbons (Fsp3) is 0.133. The molecule has 0 aromatic heterocycles. The zero-order valence-electron chi connectivity index (χ0n) is 10.4. The summed E-state index contributed by atoms with van der Waals surface area (Å²) in [5.74, 6) is -0.0303. The number of halogens is 1. The molecule has 2 aromatic rings. The molecule has 0 radical (unpaired) electrons. The predicted octanol–water partition coefficient (Wildman–Crippen LogP) is 3.93. The number of hydrogen-bond acceptors (Lipinski definition) is 1. The van der Waals surface area contributed by atoms with Crippen LogP contribution < -0.4 is 4.90 Å². The molecule has 0 aliphatic carbocycles. The first kappa shape index (κ1) is 12.7. The molecule has 0 saturated carbocycles. The molecule has 18 heavy (non-hydrogen) atoms. The van der Waals surface area contributed by atoms with E-state index in [2.05, 4.69) is 0 Å². The minimum Gasteiger partial charge on any atom is -0.311 e. The van der Waals surface area contributed by atoms with Crippen LogP contribution in [-0.4, -0.2) is 13.0 Å². The van der Waals surface area contributed by atoms with Gasteiger partial charge in [0.25, 0.3) is 5.91 Å². The number of nitrogens with zero attached hydrogens (tertiary/aromatic N) is 1. The molecule has 92 valence electrons. The van der Waals surface area contributed by atoms with Gasteiger partial charge in [0, 0.05) is 23.3 Å². The predicted molar refractivity (Wildman–Crippen MR) is 75.4 cm³/mol. The summed E-state index contributed by atoms with van der Waals surface area (Å²) in [7, 11) is 1.76. The lowest BCUT2D eigenvalue weighted by atomic mass is 10.1. The van der Waals surface area contributed by atoms with E-state index in [1.54, 1.807) is 24.1 Å². The largest absolute Gasteiger partial charge is 0.311 e. The number of carbonyl (C=O) groups excluding carboxylic acids is 1. The quantitative estimate of drug-likeness (QED) is 0.800. The lowest BCUT2D eigenvalue weighted by molar-refractivity contribution is 0.0993. The van der Waals surface area contributed by atoms with E-state index in [0.717, 1.165) is 11.3 Å². The Morgan fingerprint density at radius 1 is 1.00 bits per heavy atom. The number of anilines is 1. The number of carbonyl (C=O) groups is 1. The van der Waals surface area contributed by atoms with E-state index in [4.69, 9.17) is 11.6 Å². The van der Waals surface area contributed by atoms with E-state index < -0.39 is 0 Å². The molecule has 2 rings (SSSR count). The normalized spacial score (nSPS) is 10.2. The Hall–Kier alpha value is -1.80. The fourth-order valence-electron chi connectivity index (χ4n) is 1.67. The molecule has 0 heterocycles. The van der Waals surface area contributed by atoms with E-state index in [1.165, 1.54) is 0 Å². The maximum absolute atomic E-state index is 12.2. The van der Waals surface area contributed by atoms with E-state index >= 15 is 0 Å². The van der Waals surface area contributed by atoms with Gasteiger partial charge < -0.3 is 4.90 Å². The smallest absolute Gasteiger partial charge is 0.258 e. The Balaban J connectivity index is 2.23. The highest BCUT2D eigenvalue weighted by Crippen LogP contribution is 2.18. The van der Waals surface area contributed by atoms with Crippen molar-refractivity contribution in [3.05, 3.63) is 64.7 Å². The van der Waals surface area contributed by atoms with Crippen LogP contribution in [0, 0.1) is 6.92 Å². The Labute approximate surface area is 112 Å². The van der Waals surface area contributed by atoms with Gasteiger partial charge in [0.1, 0.15) is 0 Å². The van der Waals surface area contributed by atoms with Crippen LogP contribution in [0.5, 0.6) is 0 Å². The van der Waals surface area contributed by atoms with Crippen molar-refractivity contribution >= 4 is 23.2 Å². The van der Waals surface area contributed by atoms with Gasteiger partial charge in [-0.25, -0.2) is 0 Å². The lowest BCUT2D eigenvalue weighted by Gasteiger charge is -2.17. The molecule has 0 bridgehead atoms. The highest BCUT2D eigenvalue weighted by atomic mass is 35.5. The van der Waals surface area contributed by atoms with Gasteiger partial charge in [-0.2, -0.15) is 0 Å². The van der Waals surface area contributed by atoms with Crippen molar-refractivity contribution in [1.29, 1.82) is 0 Å². The van der Waals surface area contributed by atoms with Crippen molar-refractivity contribution in [2.45, 2.75) is 6.92 Å². The zero-order chi connectivity index (χ0) is 13.1. The van der Waals surface area contributed by atoms with Gasteiger partial charge in [-0.15, -0.1) is 0 Å². The summed E-state index contributed by atoms with van der Waals surface area (Å²) in [5, 5.41) is 0.662. The number of aryl methyl sites for hydroxylation is 1. The Kier molecular flexibility index (Phi) is 3.68. The van der Waals surface area contributed by atoms with Crippen LogP contribution in [0.25, 0.3) is 0 Å². The van der Waals surface area contributed by atoms with Crippen LogP contribution in [0.3, 0.4) is 0 Å². The van der Waals surface area contributed by atoms with Crippen molar-refractivity contribution in [1.82, 2.24) is 0 Å². The molecule has 3 heteroatoms. The number of rotatable bonds is 2. The van der Waals surface area contributed by atoms with E-state index in [1.807, 2.05) is 43.3 Å². The van der Waals surface area contributed by atoms with E-state index in [-0.39, 0.29) is 5.91 Å². The molecule has 2 nitrogen and oxygen atoms in total.